The maximum Gasteiger partial charge on any atom is 0.449 e. The Labute approximate surface area is 176 Å². The minimum absolute atomic E-state index is 0.149. The summed E-state index contributed by atoms with van der Waals surface area (Å²) in [5.41, 5.74) is 0. The number of ether oxygens (including phenoxy) is 2. The normalized spacial score (nSPS) is 54.4. The molecule has 5 aliphatic rings. The van der Waals surface area contributed by atoms with Crippen LogP contribution >= 0.6 is 0 Å². The summed E-state index contributed by atoms with van der Waals surface area (Å²) in [6.45, 7) is 3.58. The number of halogens is 5. The highest BCUT2D eigenvalue weighted by molar-refractivity contribution is 5.73. The van der Waals surface area contributed by atoms with E-state index in [9.17, 15) is 37.0 Å². The van der Waals surface area contributed by atoms with E-state index in [1.54, 1.807) is 0 Å². The Morgan fingerprint density at radius 1 is 1.06 bits per heavy atom. The van der Waals surface area contributed by atoms with Crippen molar-refractivity contribution in [3.05, 3.63) is 0 Å². The first-order valence-electron chi connectivity index (χ1n) is 11.0. The minimum Gasteiger partial charge on any atom is -0.463 e. The summed E-state index contributed by atoms with van der Waals surface area (Å²) in [7, 11) is 0. The third kappa shape index (κ3) is 2.67. The fourth-order valence-corrected chi connectivity index (χ4v) is 7.95. The summed E-state index contributed by atoms with van der Waals surface area (Å²) in [4.78, 5) is 12.7. The van der Waals surface area contributed by atoms with Gasteiger partial charge in [0.2, 0.25) is 0 Å². The summed E-state index contributed by atoms with van der Waals surface area (Å²) in [5, 5.41) is 19.0. The number of fused-ring (bicyclic) bond motifs is 9. The summed E-state index contributed by atoms with van der Waals surface area (Å²) >= 11 is 0. The monoisotopic (exact) mass is 454 g/mol. The zero-order valence-electron chi connectivity index (χ0n) is 17.2. The number of esters is 1. The van der Waals surface area contributed by atoms with Crippen LogP contribution in [0.15, 0.2) is 0 Å². The maximum absolute atomic E-state index is 13.9. The van der Waals surface area contributed by atoms with Crippen LogP contribution < -0.4 is 0 Å². The number of alkyl halides is 5. The van der Waals surface area contributed by atoms with Crippen molar-refractivity contribution in [1.82, 2.24) is 0 Å². The lowest BCUT2D eigenvalue weighted by atomic mass is 9.62. The molecule has 2 N–H and O–H groups in total. The van der Waals surface area contributed by atoms with E-state index >= 15 is 0 Å². The molecule has 4 aliphatic carbocycles. The van der Waals surface area contributed by atoms with Crippen molar-refractivity contribution in [2.75, 3.05) is 6.61 Å². The molecule has 1 heterocycles. The smallest absolute Gasteiger partial charge is 0.449 e. The molecule has 0 aromatic rings. The van der Waals surface area contributed by atoms with E-state index in [1.807, 2.05) is 0 Å². The first-order valence-corrected chi connectivity index (χ1v) is 11.0. The van der Waals surface area contributed by atoms with E-state index in [1.165, 1.54) is 6.42 Å². The average Bonchev–Trinajstić information content (AvgIpc) is 3.44. The first kappa shape index (κ1) is 21.8. The van der Waals surface area contributed by atoms with E-state index in [0.29, 0.717) is 47.8 Å². The zero-order chi connectivity index (χ0) is 22.7. The van der Waals surface area contributed by atoms with Gasteiger partial charge in [-0.1, -0.05) is 13.8 Å². The Bertz CT molecular complexity index is 774. The predicted molar refractivity (Wildman–Crippen MR) is 94.4 cm³/mol. The van der Waals surface area contributed by atoms with Crippen molar-refractivity contribution < 1.29 is 46.4 Å². The van der Waals surface area contributed by atoms with Crippen LogP contribution in [0.25, 0.3) is 0 Å². The van der Waals surface area contributed by atoms with Crippen molar-refractivity contribution in [2.45, 2.75) is 63.2 Å². The number of carbonyl (C=O) groups excluding carboxylic acids is 1. The highest BCUT2D eigenvalue weighted by atomic mass is 19.4. The first-order chi connectivity index (χ1) is 14.3. The molecular weight excluding hydrogens is 427 g/mol. The SMILES string of the molecule is CC1C(C)C2CC1C1C3CC(C(=O)OCC4OC(O)(C(F)(F)F)C(F)(F)C4O)C(C3)C21. The van der Waals surface area contributed by atoms with Gasteiger partial charge < -0.3 is 19.7 Å². The van der Waals surface area contributed by atoms with Gasteiger partial charge in [-0.25, -0.2) is 0 Å². The molecule has 4 saturated carbocycles. The lowest BCUT2D eigenvalue weighted by Gasteiger charge is -2.43. The van der Waals surface area contributed by atoms with Crippen molar-refractivity contribution >= 4 is 5.97 Å². The van der Waals surface area contributed by atoms with Gasteiger partial charge in [0.05, 0.1) is 5.92 Å². The molecule has 0 aromatic carbocycles. The molecule has 0 amide bonds. The number of carbonyl (C=O) groups is 1. The summed E-state index contributed by atoms with van der Waals surface area (Å²) < 4.78 is 75.7. The molecular formula is C21H27F5O5. The highest BCUT2D eigenvalue weighted by Gasteiger charge is 2.79. The number of rotatable bonds is 3. The average molecular weight is 454 g/mol. The van der Waals surface area contributed by atoms with Crippen LogP contribution in [-0.4, -0.2) is 52.9 Å². The predicted octanol–water partition coefficient (Wildman–Crippen LogP) is 2.99. The van der Waals surface area contributed by atoms with E-state index in [-0.39, 0.29) is 5.92 Å². The van der Waals surface area contributed by atoms with Crippen LogP contribution in [0.3, 0.4) is 0 Å². The van der Waals surface area contributed by atoms with Gasteiger partial charge in [-0.2, -0.15) is 22.0 Å². The van der Waals surface area contributed by atoms with E-state index in [0.717, 1.165) is 6.42 Å². The molecule has 0 spiro atoms. The fraction of sp³-hybridized carbons (Fsp3) is 0.952. The van der Waals surface area contributed by atoms with Crippen molar-refractivity contribution in [3.8, 4) is 0 Å². The molecule has 5 nitrogen and oxygen atoms in total. The lowest BCUT2D eigenvalue weighted by Crippen LogP contribution is -2.59. The number of hydrogen-bond donors (Lipinski definition) is 2. The molecule has 10 heteroatoms. The number of hydrogen-bond acceptors (Lipinski definition) is 5. The molecule has 4 bridgehead atoms. The molecule has 0 aromatic heterocycles. The molecule has 5 rings (SSSR count). The molecule has 5 fully saturated rings. The third-order valence-corrected chi connectivity index (χ3v) is 9.42. The van der Waals surface area contributed by atoms with Gasteiger partial charge in [-0.3, -0.25) is 4.79 Å². The molecule has 0 radical (unpaired) electrons. The standard InChI is InChI=1S/C21H27F5O5/c1-7-8(2)11-5-10(7)15-9-3-12(16(11)15)13(4-9)18(28)30-6-14-17(27)19(22,23)20(29,31-14)21(24,25)26/h7-17,27,29H,3-6H2,1-2H3. The minimum atomic E-state index is -5.83. The molecule has 12 unspecified atom stereocenters. The van der Waals surface area contributed by atoms with E-state index in [2.05, 4.69) is 18.6 Å². The Kier molecular flexibility index (Phi) is 4.60. The number of aliphatic hydroxyl groups is 2. The Morgan fingerprint density at radius 2 is 1.68 bits per heavy atom. The Morgan fingerprint density at radius 3 is 2.26 bits per heavy atom. The van der Waals surface area contributed by atoms with Gasteiger partial charge in [0, 0.05) is 0 Å². The van der Waals surface area contributed by atoms with Crippen molar-refractivity contribution in [1.29, 1.82) is 0 Å². The van der Waals surface area contributed by atoms with Gasteiger partial charge >= 0.3 is 23.9 Å². The molecule has 1 saturated heterocycles. The van der Waals surface area contributed by atoms with Crippen LogP contribution in [0, 0.1) is 53.3 Å². The van der Waals surface area contributed by atoms with Gasteiger partial charge in [-0.05, 0) is 66.6 Å². The second-order valence-electron chi connectivity index (χ2n) is 10.4. The van der Waals surface area contributed by atoms with Gasteiger partial charge in [0.1, 0.15) is 12.7 Å². The van der Waals surface area contributed by atoms with Gasteiger partial charge in [0.15, 0.2) is 6.10 Å². The van der Waals surface area contributed by atoms with Crippen LogP contribution in [0.2, 0.25) is 0 Å². The molecule has 1 aliphatic heterocycles. The Hall–Kier alpha value is -1.00. The van der Waals surface area contributed by atoms with Gasteiger partial charge in [0.25, 0.3) is 0 Å². The van der Waals surface area contributed by atoms with Crippen molar-refractivity contribution in [3.63, 3.8) is 0 Å². The van der Waals surface area contributed by atoms with Crippen LogP contribution in [0.1, 0.15) is 33.1 Å². The largest absolute Gasteiger partial charge is 0.463 e. The van der Waals surface area contributed by atoms with E-state index < -0.39 is 48.6 Å². The molecule has 31 heavy (non-hydrogen) atoms. The second-order valence-corrected chi connectivity index (χ2v) is 10.4. The highest BCUT2D eigenvalue weighted by Crippen LogP contribution is 2.71. The summed E-state index contributed by atoms with van der Waals surface area (Å²) in [6.07, 6.45) is -8.21. The maximum atomic E-state index is 13.9. The topological polar surface area (TPSA) is 76.0 Å². The zero-order valence-corrected chi connectivity index (χ0v) is 17.2. The van der Waals surface area contributed by atoms with Crippen LogP contribution in [0.5, 0.6) is 0 Å². The number of aliphatic hydroxyl groups excluding tert-OH is 1. The third-order valence-electron chi connectivity index (χ3n) is 9.42. The Balaban J connectivity index is 1.24. The van der Waals surface area contributed by atoms with E-state index in [4.69, 9.17) is 4.74 Å². The molecule has 176 valence electrons. The lowest BCUT2D eigenvalue weighted by molar-refractivity contribution is -0.409. The van der Waals surface area contributed by atoms with Crippen LogP contribution in [-0.2, 0) is 14.3 Å². The van der Waals surface area contributed by atoms with Crippen LogP contribution in [0.4, 0.5) is 22.0 Å². The quantitative estimate of drug-likeness (QED) is 0.390. The fourth-order valence-electron chi connectivity index (χ4n) is 7.95. The van der Waals surface area contributed by atoms with Crippen molar-refractivity contribution in [2.24, 2.45) is 53.3 Å². The summed E-state index contributed by atoms with van der Waals surface area (Å²) in [6, 6.07) is 0. The molecule has 12 atom stereocenters. The summed E-state index contributed by atoms with van der Waals surface area (Å²) in [5.74, 6) is -6.73. The second kappa shape index (κ2) is 6.53. The van der Waals surface area contributed by atoms with Gasteiger partial charge in [-0.15, -0.1) is 0 Å².